The molecule has 1 N–H and O–H groups in total. The molecule has 0 aliphatic heterocycles. The van der Waals surface area contributed by atoms with Gasteiger partial charge in [0.15, 0.2) is 0 Å². The number of aromatic nitrogens is 2. The first-order valence-electron chi connectivity index (χ1n) is 11.6. The number of nitrogens with one attached hydrogen (secondary N) is 1. The fraction of sp³-hybridized carbons (Fsp3) is 0.462. The van der Waals surface area contributed by atoms with E-state index >= 15 is 0 Å². The molecule has 1 saturated carbocycles. The lowest BCUT2D eigenvalue weighted by Crippen LogP contribution is -2.27. The summed E-state index contributed by atoms with van der Waals surface area (Å²) in [6.07, 6.45) is 4.85. The van der Waals surface area contributed by atoms with Gasteiger partial charge in [-0.25, -0.2) is 4.98 Å². The van der Waals surface area contributed by atoms with Crippen molar-refractivity contribution in [2.75, 3.05) is 13.2 Å². The number of imidazole rings is 1. The molecule has 5 nitrogen and oxygen atoms in total. The van der Waals surface area contributed by atoms with E-state index in [4.69, 9.17) is 9.72 Å². The average Bonchev–Trinajstić information content (AvgIpc) is 3.59. The quantitative estimate of drug-likeness (QED) is 0.441. The van der Waals surface area contributed by atoms with Gasteiger partial charge in [-0.05, 0) is 61.4 Å². The number of carbonyl (C=O) groups is 1. The smallest absolute Gasteiger partial charge is 0.223 e. The van der Waals surface area contributed by atoms with E-state index in [1.165, 1.54) is 5.56 Å². The largest absolute Gasteiger partial charge is 0.494 e. The van der Waals surface area contributed by atoms with E-state index in [1.54, 1.807) is 0 Å². The molecule has 1 aliphatic rings. The predicted octanol–water partition coefficient (Wildman–Crippen LogP) is 5.09. The summed E-state index contributed by atoms with van der Waals surface area (Å²) in [5.41, 5.74) is 3.51. The number of benzene rings is 2. The Balaban J connectivity index is 1.33. The highest BCUT2D eigenvalue weighted by Gasteiger charge is 2.29. The maximum Gasteiger partial charge on any atom is 0.223 e. The lowest BCUT2D eigenvalue weighted by atomic mass is 9.99. The molecule has 164 valence electrons. The Hall–Kier alpha value is -2.82. The zero-order valence-electron chi connectivity index (χ0n) is 18.6. The van der Waals surface area contributed by atoms with Gasteiger partial charge in [0.25, 0.3) is 0 Å². The van der Waals surface area contributed by atoms with Crippen molar-refractivity contribution in [3.8, 4) is 5.75 Å². The van der Waals surface area contributed by atoms with Crippen molar-refractivity contribution < 1.29 is 9.53 Å². The van der Waals surface area contributed by atoms with Crippen LogP contribution in [-0.2, 0) is 17.8 Å². The Morgan fingerprint density at radius 3 is 2.71 bits per heavy atom. The molecule has 0 bridgehead atoms. The zero-order valence-corrected chi connectivity index (χ0v) is 18.6. The molecule has 1 fully saturated rings. The van der Waals surface area contributed by atoms with Crippen LogP contribution in [0.3, 0.4) is 0 Å². The van der Waals surface area contributed by atoms with Gasteiger partial charge in [-0.3, -0.25) is 4.79 Å². The Morgan fingerprint density at radius 2 is 1.97 bits per heavy atom. The van der Waals surface area contributed by atoms with E-state index in [0.29, 0.717) is 19.1 Å². The molecule has 1 unspecified atom stereocenters. The van der Waals surface area contributed by atoms with E-state index in [1.807, 2.05) is 12.1 Å². The van der Waals surface area contributed by atoms with Gasteiger partial charge >= 0.3 is 0 Å². The van der Waals surface area contributed by atoms with Crippen LogP contribution < -0.4 is 10.1 Å². The van der Waals surface area contributed by atoms with E-state index in [-0.39, 0.29) is 11.8 Å². The number of nitrogens with zero attached hydrogens (tertiary/aromatic N) is 2. The molecule has 1 atom stereocenters. The molecule has 1 heterocycles. The number of hydrogen-bond acceptors (Lipinski definition) is 3. The minimum absolute atomic E-state index is 0.190. The number of fused-ring (bicyclic) bond motifs is 1. The summed E-state index contributed by atoms with van der Waals surface area (Å²) in [5, 5.41) is 3.05. The fourth-order valence-electron chi connectivity index (χ4n) is 3.89. The maximum atomic E-state index is 11.9. The molecule has 4 rings (SSSR count). The number of para-hydroxylation sites is 2. The molecule has 2 aromatic carbocycles. The fourth-order valence-corrected chi connectivity index (χ4v) is 3.89. The Kier molecular flexibility index (Phi) is 6.90. The van der Waals surface area contributed by atoms with E-state index in [0.717, 1.165) is 61.3 Å². The van der Waals surface area contributed by atoms with Crippen molar-refractivity contribution in [3.05, 3.63) is 59.9 Å². The van der Waals surface area contributed by atoms with Crippen molar-refractivity contribution in [2.45, 2.75) is 58.4 Å². The summed E-state index contributed by atoms with van der Waals surface area (Å²) in [7, 11) is 0. The van der Waals surface area contributed by atoms with E-state index in [2.05, 4.69) is 60.1 Å². The van der Waals surface area contributed by atoms with Crippen molar-refractivity contribution in [3.63, 3.8) is 0 Å². The van der Waals surface area contributed by atoms with Crippen LogP contribution in [0, 0.1) is 5.92 Å². The molecule has 1 aromatic heterocycles. The molecule has 5 heteroatoms. The predicted molar refractivity (Wildman–Crippen MR) is 124 cm³/mol. The summed E-state index contributed by atoms with van der Waals surface area (Å²) in [6.45, 7) is 6.60. The first-order valence-corrected chi connectivity index (χ1v) is 11.6. The molecule has 1 aliphatic carbocycles. The maximum absolute atomic E-state index is 11.9. The molecule has 0 spiro atoms. The Morgan fingerprint density at radius 1 is 1.19 bits per heavy atom. The molecular weight excluding hydrogens is 386 g/mol. The third-order valence-corrected chi connectivity index (χ3v) is 6.19. The SMILES string of the molecule is CCC(C)c1ccc(OCCCn2c(CCNC(=O)C3CC3)nc3ccccc32)cc1. The minimum Gasteiger partial charge on any atom is -0.494 e. The first-order chi connectivity index (χ1) is 15.2. The number of rotatable bonds is 11. The number of aryl methyl sites for hydroxylation is 1. The highest BCUT2D eigenvalue weighted by Crippen LogP contribution is 2.28. The first kappa shape index (κ1) is 21.4. The van der Waals surface area contributed by atoms with Crippen LogP contribution in [0.15, 0.2) is 48.5 Å². The lowest BCUT2D eigenvalue weighted by molar-refractivity contribution is -0.122. The highest BCUT2D eigenvalue weighted by atomic mass is 16.5. The van der Waals surface area contributed by atoms with Gasteiger partial charge in [0.05, 0.1) is 17.6 Å². The van der Waals surface area contributed by atoms with Crippen LogP contribution in [-0.4, -0.2) is 28.6 Å². The van der Waals surface area contributed by atoms with Gasteiger partial charge in [0.2, 0.25) is 5.91 Å². The Bertz CT molecular complexity index is 1010. The number of ether oxygens (including phenoxy) is 1. The summed E-state index contributed by atoms with van der Waals surface area (Å²) >= 11 is 0. The number of hydrogen-bond donors (Lipinski definition) is 1. The van der Waals surface area contributed by atoms with Gasteiger partial charge in [-0.2, -0.15) is 0 Å². The van der Waals surface area contributed by atoms with Crippen molar-refractivity contribution in [2.24, 2.45) is 5.92 Å². The van der Waals surface area contributed by atoms with E-state index < -0.39 is 0 Å². The van der Waals surface area contributed by atoms with Crippen LogP contribution in [0.4, 0.5) is 0 Å². The van der Waals surface area contributed by atoms with Crippen molar-refractivity contribution in [1.29, 1.82) is 0 Å². The van der Waals surface area contributed by atoms with Crippen LogP contribution in [0.1, 0.15) is 56.8 Å². The molecule has 0 saturated heterocycles. The second-order valence-electron chi connectivity index (χ2n) is 8.56. The summed E-state index contributed by atoms with van der Waals surface area (Å²) in [6, 6.07) is 16.7. The normalized spacial score (nSPS) is 14.5. The zero-order chi connectivity index (χ0) is 21.6. The Labute approximate surface area is 184 Å². The van der Waals surface area contributed by atoms with Gasteiger partial charge in [-0.1, -0.05) is 38.1 Å². The van der Waals surface area contributed by atoms with Gasteiger partial charge in [0, 0.05) is 25.4 Å². The van der Waals surface area contributed by atoms with Crippen LogP contribution in [0.25, 0.3) is 11.0 Å². The van der Waals surface area contributed by atoms with E-state index in [9.17, 15) is 4.79 Å². The molecule has 0 radical (unpaired) electrons. The molecule has 1 amide bonds. The third kappa shape index (κ3) is 5.46. The summed E-state index contributed by atoms with van der Waals surface area (Å²) < 4.78 is 8.25. The van der Waals surface area contributed by atoms with Crippen LogP contribution in [0.5, 0.6) is 5.75 Å². The van der Waals surface area contributed by atoms with Crippen molar-refractivity contribution >= 4 is 16.9 Å². The third-order valence-electron chi connectivity index (χ3n) is 6.19. The second kappa shape index (κ2) is 9.99. The average molecular weight is 420 g/mol. The highest BCUT2D eigenvalue weighted by molar-refractivity contribution is 5.80. The summed E-state index contributed by atoms with van der Waals surface area (Å²) in [5.74, 6) is 2.96. The lowest BCUT2D eigenvalue weighted by Gasteiger charge is -2.12. The number of amides is 1. The standard InChI is InChI=1S/C26H33N3O2/c1-3-19(2)20-11-13-22(14-12-20)31-18-6-17-29-24-8-5-4-7-23(24)28-25(29)15-16-27-26(30)21-9-10-21/h4-5,7-8,11-14,19,21H,3,6,9-10,15-18H2,1-2H3,(H,27,30). The molecule has 31 heavy (non-hydrogen) atoms. The summed E-state index contributed by atoms with van der Waals surface area (Å²) in [4.78, 5) is 16.7. The van der Waals surface area contributed by atoms with Gasteiger partial charge in [0.1, 0.15) is 11.6 Å². The van der Waals surface area contributed by atoms with Gasteiger partial charge in [-0.15, -0.1) is 0 Å². The molecular formula is C26H33N3O2. The topological polar surface area (TPSA) is 56.1 Å². The molecule has 3 aromatic rings. The minimum atomic E-state index is 0.190. The van der Waals surface area contributed by atoms with Crippen LogP contribution in [0.2, 0.25) is 0 Å². The number of carbonyl (C=O) groups excluding carboxylic acids is 1. The van der Waals surface area contributed by atoms with Crippen molar-refractivity contribution in [1.82, 2.24) is 14.9 Å². The van der Waals surface area contributed by atoms with Gasteiger partial charge < -0.3 is 14.6 Å². The monoisotopic (exact) mass is 419 g/mol. The second-order valence-corrected chi connectivity index (χ2v) is 8.56. The van der Waals surface area contributed by atoms with Crippen LogP contribution >= 0.6 is 0 Å².